The van der Waals surface area contributed by atoms with E-state index in [9.17, 15) is 12.8 Å². The molecule has 0 aromatic heterocycles. The Morgan fingerprint density at radius 2 is 1.86 bits per heavy atom. The van der Waals surface area contributed by atoms with Crippen LogP contribution in [0, 0.1) is 17.1 Å². The van der Waals surface area contributed by atoms with Crippen molar-refractivity contribution in [1.82, 2.24) is 4.72 Å². The second-order valence-electron chi connectivity index (χ2n) is 4.53. The standard InChI is InChI=1S/C15H13FN2O2S/c1-11(13-5-7-14(16)8-6-13)18-21(19,20)15-4-2-3-12(9-15)10-17/h2-9,11,18H,1H3. The van der Waals surface area contributed by atoms with Gasteiger partial charge in [0.15, 0.2) is 0 Å². The van der Waals surface area contributed by atoms with Gasteiger partial charge in [-0.2, -0.15) is 5.26 Å². The van der Waals surface area contributed by atoms with E-state index in [-0.39, 0.29) is 16.3 Å². The zero-order valence-electron chi connectivity index (χ0n) is 11.2. The van der Waals surface area contributed by atoms with E-state index < -0.39 is 16.1 Å². The number of nitrogens with one attached hydrogen (secondary N) is 1. The highest BCUT2D eigenvalue weighted by atomic mass is 32.2. The van der Waals surface area contributed by atoms with Crippen molar-refractivity contribution in [2.75, 3.05) is 0 Å². The van der Waals surface area contributed by atoms with Gasteiger partial charge in [0.1, 0.15) is 5.82 Å². The van der Waals surface area contributed by atoms with Crippen LogP contribution in [0.15, 0.2) is 53.4 Å². The van der Waals surface area contributed by atoms with Gasteiger partial charge in [-0.25, -0.2) is 17.5 Å². The average molecular weight is 304 g/mol. The molecule has 0 aliphatic rings. The zero-order chi connectivity index (χ0) is 15.5. The van der Waals surface area contributed by atoms with Crippen LogP contribution in [0.5, 0.6) is 0 Å². The molecule has 1 unspecified atom stereocenters. The predicted octanol–water partition coefficient (Wildman–Crippen LogP) is 2.74. The number of nitrogens with zero attached hydrogens (tertiary/aromatic N) is 1. The summed E-state index contributed by atoms with van der Waals surface area (Å²) in [7, 11) is -3.75. The van der Waals surface area contributed by atoms with Crippen LogP contribution in [0.25, 0.3) is 0 Å². The summed E-state index contributed by atoms with van der Waals surface area (Å²) in [6, 6.07) is 12.7. The summed E-state index contributed by atoms with van der Waals surface area (Å²) < 4.78 is 39.9. The van der Waals surface area contributed by atoms with Gasteiger partial charge >= 0.3 is 0 Å². The van der Waals surface area contributed by atoms with Gasteiger partial charge < -0.3 is 0 Å². The molecule has 4 nitrogen and oxygen atoms in total. The number of benzene rings is 2. The lowest BCUT2D eigenvalue weighted by Gasteiger charge is -2.14. The molecule has 2 aromatic rings. The van der Waals surface area contributed by atoms with Crippen molar-refractivity contribution in [3.63, 3.8) is 0 Å². The molecule has 0 fully saturated rings. The molecular formula is C15H13FN2O2S. The first-order valence-corrected chi connectivity index (χ1v) is 7.68. The van der Waals surface area contributed by atoms with Crippen LogP contribution in [0.2, 0.25) is 0 Å². The summed E-state index contributed by atoms with van der Waals surface area (Å²) >= 11 is 0. The molecule has 0 aliphatic heterocycles. The van der Waals surface area contributed by atoms with E-state index in [1.807, 2.05) is 6.07 Å². The highest BCUT2D eigenvalue weighted by molar-refractivity contribution is 7.89. The fourth-order valence-corrected chi connectivity index (χ4v) is 3.13. The van der Waals surface area contributed by atoms with Crippen LogP contribution in [0.4, 0.5) is 4.39 Å². The Kier molecular flexibility index (Phi) is 4.36. The number of sulfonamides is 1. The number of hydrogen-bond acceptors (Lipinski definition) is 3. The Morgan fingerprint density at radius 3 is 2.48 bits per heavy atom. The van der Waals surface area contributed by atoms with Crippen LogP contribution in [-0.4, -0.2) is 8.42 Å². The first-order chi connectivity index (χ1) is 9.92. The van der Waals surface area contributed by atoms with Gasteiger partial charge in [0.05, 0.1) is 16.5 Å². The van der Waals surface area contributed by atoms with Crippen molar-refractivity contribution in [3.05, 3.63) is 65.5 Å². The molecule has 108 valence electrons. The van der Waals surface area contributed by atoms with Crippen LogP contribution in [0.3, 0.4) is 0 Å². The van der Waals surface area contributed by atoms with E-state index in [0.717, 1.165) is 0 Å². The van der Waals surface area contributed by atoms with E-state index in [1.165, 1.54) is 48.5 Å². The van der Waals surface area contributed by atoms with Gasteiger partial charge in [0.25, 0.3) is 0 Å². The van der Waals surface area contributed by atoms with Crippen LogP contribution in [0.1, 0.15) is 24.1 Å². The highest BCUT2D eigenvalue weighted by Crippen LogP contribution is 2.18. The molecule has 0 radical (unpaired) electrons. The van der Waals surface area contributed by atoms with E-state index >= 15 is 0 Å². The fourth-order valence-electron chi connectivity index (χ4n) is 1.85. The van der Waals surface area contributed by atoms with Crippen molar-refractivity contribution >= 4 is 10.0 Å². The normalized spacial score (nSPS) is 12.6. The maximum absolute atomic E-state index is 12.9. The maximum Gasteiger partial charge on any atom is 0.241 e. The smallest absolute Gasteiger partial charge is 0.207 e. The van der Waals surface area contributed by atoms with Gasteiger partial charge in [-0.15, -0.1) is 0 Å². The van der Waals surface area contributed by atoms with Crippen molar-refractivity contribution in [1.29, 1.82) is 5.26 Å². The molecular weight excluding hydrogens is 291 g/mol. The second kappa shape index (κ2) is 6.04. The quantitative estimate of drug-likeness (QED) is 0.944. The van der Waals surface area contributed by atoms with Crippen LogP contribution in [-0.2, 0) is 10.0 Å². The van der Waals surface area contributed by atoms with Crippen LogP contribution < -0.4 is 4.72 Å². The molecule has 2 rings (SSSR count). The first-order valence-electron chi connectivity index (χ1n) is 6.20. The molecule has 0 heterocycles. The van der Waals surface area contributed by atoms with Crippen LogP contribution >= 0.6 is 0 Å². The van der Waals surface area contributed by atoms with Gasteiger partial charge in [-0.1, -0.05) is 18.2 Å². The predicted molar refractivity (Wildman–Crippen MR) is 76.3 cm³/mol. The Hall–Kier alpha value is -2.23. The molecule has 0 amide bonds. The summed E-state index contributed by atoms with van der Waals surface area (Å²) in [6.45, 7) is 1.67. The number of halogens is 1. The van der Waals surface area contributed by atoms with Crippen molar-refractivity contribution in [2.24, 2.45) is 0 Å². The minimum Gasteiger partial charge on any atom is -0.207 e. The minimum atomic E-state index is -3.75. The van der Waals surface area contributed by atoms with Gasteiger partial charge in [0.2, 0.25) is 10.0 Å². The average Bonchev–Trinajstić information content (AvgIpc) is 2.47. The highest BCUT2D eigenvalue weighted by Gasteiger charge is 2.18. The van der Waals surface area contributed by atoms with Gasteiger partial charge in [-0.3, -0.25) is 0 Å². The summed E-state index contributed by atoms with van der Waals surface area (Å²) in [5.41, 5.74) is 0.920. The van der Waals surface area contributed by atoms with Crippen molar-refractivity contribution < 1.29 is 12.8 Å². The SMILES string of the molecule is CC(NS(=O)(=O)c1cccc(C#N)c1)c1ccc(F)cc1. The fraction of sp³-hybridized carbons (Fsp3) is 0.133. The largest absolute Gasteiger partial charge is 0.241 e. The molecule has 6 heteroatoms. The maximum atomic E-state index is 12.9. The molecule has 0 bridgehead atoms. The number of rotatable bonds is 4. The zero-order valence-corrected chi connectivity index (χ0v) is 12.1. The second-order valence-corrected chi connectivity index (χ2v) is 6.25. The Balaban J connectivity index is 2.24. The first kappa shape index (κ1) is 15.2. The van der Waals surface area contributed by atoms with E-state index in [0.29, 0.717) is 5.56 Å². The molecule has 21 heavy (non-hydrogen) atoms. The molecule has 2 aromatic carbocycles. The van der Waals surface area contributed by atoms with Crippen molar-refractivity contribution in [3.8, 4) is 6.07 Å². The molecule has 0 aliphatic carbocycles. The molecule has 0 saturated heterocycles. The number of nitriles is 1. The summed E-state index contributed by atoms with van der Waals surface area (Å²) in [6.07, 6.45) is 0. The number of hydrogen-bond donors (Lipinski definition) is 1. The Morgan fingerprint density at radius 1 is 1.19 bits per heavy atom. The monoisotopic (exact) mass is 304 g/mol. The summed E-state index contributed by atoms with van der Waals surface area (Å²) in [4.78, 5) is 0.0236. The third kappa shape index (κ3) is 3.66. The van der Waals surface area contributed by atoms with Gasteiger partial charge in [-0.05, 0) is 42.8 Å². The third-order valence-electron chi connectivity index (χ3n) is 2.98. The van der Waals surface area contributed by atoms with E-state index in [1.54, 1.807) is 6.92 Å². The van der Waals surface area contributed by atoms with E-state index in [2.05, 4.69) is 4.72 Å². The Bertz CT molecular complexity index is 780. The topological polar surface area (TPSA) is 70.0 Å². The van der Waals surface area contributed by atoms with Crippen molar-refractivity contribution in [2.45, 2.75) is 17.9 Å². The summed E-state index contributed by atoms with van der Waals surface area (Å²) in [5.74, 6) is -0.379. The van der Waals surface area contributed by atoms with Gasteiger partial charge in [0, 0.05) is 6.04 Å². The lowest BCUT2D eigenvalue weighted by Crippen LogP contribution is -2.26. The third-order valence-corrected chi connectivity index (χ3v) is 4.51. The minimum absolute atomic E-state index is 0.0236. The Labute approximate surface area is 122 Å². The molecule has 1 atom stereocenters. The van der Waals surface area contributed by atoms with E-state index in [4.69, 9.17) is 5.26 Å². The summed E-state index contributed by atoms with van der Waals surface area (Å²) in [5, 5.41) is 8.81. The molecule has 0 saturated carbocycles. The lowest BCUT2D eigenvalue weighted by atomic mass is 10.1. The lowest BCUT2D eigenvalue weighted by molar-refractivity contribution is 0.566. The molecule has 1 N–H and O–H groups in total. The molecule has 0 spiro atoms.